The third-order valence-corrected chi connectivity index (χ3v) is 5.39. The molecule has 1 unspecified atom stereocenters. The summed E-state index contributed by atoms with van der Waals surface area (Å²) in [5, 5.41) is 5.46. The van der Waals surface area contributed by atoms with Crippen molar-refractivity contribution in [3.8, 4) is 0 Å². The number of aliphatic imine (C=N–C) groups is 1. The maximum Gasteiger partial charge on any atom is 0.317 e. The van der Waals surface area contributed by atoms with Crippen LogP contribution in [0, 0.1) is 5.82 Å². The van der Waals surface area contributed by atoms with Crippen molar-refractivity contribution in [2.75, 3.05) is 11.9 Å². The summed E-state index contributed by atoms with van der Waals surface area (Å²) >= 11 is 0. The summed E-state index contributed by atoms with van der Waals surface area (Å²) in [6, 6.07) is 22.0. The molecule has 3 amide bonds. The Balaban J connectivity index is 1.67. The third kappa shape index (κ3) is 4.23. The highest BCUT2D eigenvalue weighted by Crippen LogP contribution is 2.28. The number of benzene rings is 3. The Bertz CT molecular complexity index is 1180. The highest BCUT2D eigenvalue weighted by atomic mass is 19.1. The Hall–Kier alpha value is -4.00. The molecule has 0 bridgehead atoms. The average molecular weight is 430 g/mol. The zero-order chi connectivity index (χ0) is 22.7. The first kappa shape index (κ1) is 21.2. The van der Waals surface area contributed by atoms with Crippen LogP contribution in [0.15, 0.2) is 83.9 Å². The molecule has 3 aromatic carbocycles. The fourth-order valence-electron chi connectivity index (χ4n) is 3.67. The van der Waals surface area contributed by atoms with Gasteiger partial charge in [0.15, 0.2) is 0 Å². The lowest BCUT2D eigenvalue weighted by Crippen LogP contribution is -2.49. The fourth-order valence-corrected chi connectivity index (χ4v) is 3.67. The summed E-state index contributed by atoms with van der Waals surface area (Å²) in [5.74, 6) is -0.884. The van der Waals surface area contributed by atoms with Gasteiger partial charge in [0, 0.05) is 18.2 Å². The monoisotopic (exact) mass is 430 g/mol. The van der Waals surface area contributed by atoms with E-state index >= 15 is 0 Å². The second-order valence-corrected chi connectivity index (χ2v) is 7.52. The molecule has 2 N–H and O–H groups in total. The maximum absolute atomic E-state index is 14.7. The minimum atomic E-state index is -1.22. The molecular formula is C25H23FN4O2. The number of rotatable bonds is 4. The first-order valence-corrected chi connectivity index (χ1v) is 10.3. The Kier molecular flexibility index (Phi) is 5.98. The number of anilines is 1. The van der Waals surface area contributed by atoms with Gasteiger partial charge in [0.05, 0.1) is 17.4 Å². The summed E-state index contributed by atoms with van der Waals surface area (Å²) in [6.45, 7) is 1.85. The van der Waals surface area contributed by atoms with E-state index in [1.165, 1.54) is 11.0 Å². The number of fused-ring (bicyclic) bond motifs is 1. The SMILES string of the molecule is C[C@H](NC(=O)NC1N=C(c2ccccc2F)c2ccccc2N(C)C1=O)c1ccccc1. The van der Waals surface area contributed by atoms with E-state index in [0.29, 0.717) is 17.0 Å². The summed E-state index contributed by atoms with van der Waals surface area (Å²) < 4.78 is 14.7. The third-order valence-electron chi connectivity index (χ3n) is 5.39. The highest BCUT2D eigenvalue weighted by Gasteiger charge is 2.31. The second-order valence-electron chi connectivity index (χ2n) is 7.52. The van der Waals surface area contributed by atoms with Crippen molar-refractivity contribution in [3.05, 3.63) is 101 Å². The van der Waals surface area contributed by atoms with Gasteiger partial charge in [-0.3, -0.25) is 4.79 Å². The molecule has 0 spiro atoms. The Labute approximate surface area is 185 Å². The summed E-state index contributed by atoms with van der Waals surface area (Å²) in [4.78, 5) is 31.8. The van der Waals surface area contributed by atoms with E-state index in [2.05, 4.69) is 15.6 Å². The molecule has 32 heavy (non-hydrogen) atoms. The molecule has 1 heterocycles. The molecule has 0 saturated carbocycles. The van der Waals surface area contributed by atoms with Crippen LogP contribution in [0.1, 0.15) is 29.7 Å². The number of hydrogen-bond donors (Lipinski definition) is 2. The van der Waals surface area contributed by atoms with Crippen molar-refractivity contribution < 1.29 is 14.0 Å². The fraction of sp³-hybridized carbons (Fsp3) is 0.160. The molecule has 7 heteroatoms. The normalized spacial score (nSPS) is 16.5. The van der Waals surface area contributed by atoms with E-state index in [-0.39, 0.29) is 11.6 Å². The van der Waals surface area contributed by atoms with E-state index in [4.69, 9.17) is 0 Å². The molecule has 0 radical (unpaired) electrons. The number of nitrogens with one attached hydrogen (secondary N) is 2. The lowest BCUT2D eigenvalue weighted by atomic mass is 10.00. The zero-order valence-electron chi connectivity index (χ0n) is 17.7. The van der Waals surface area contributed by atoms with Crippen molar-refractivity contribution in [1.29, 1.82) is 0 Å². The number of amides is 3. The van der Waals surface area contributed by atoms with E-state index < -0.39 is 23.9 Å². The topological polar surface area (TPSA) is 73.8 Å². The largest absolute Gasteiger partial charge is 0.332 e. The van der Waals surface area contributed by atoms with E-state index in [9.17, 15) is 14.0 Å². The van der Waals surface area contributed by atoms with Gasteiger partial charge in [0.2, 0.25) is 6.17 Å². The summed E-state index contributed by atoms with van der Waals surface area (Å²) in [6.07, 6.45) is -1.22. The molecule has 3 aromatic rings. The van der Waals surface area contributed by atoms with Crippen LogP contribution in [-0.4, -0.2) is 30.9 Å². The van der Waals surface area contributed by atoms with Crippen LogP contribution in [0.3, 0.4) is 0 Å². The van der Waals surface area contributed by atoms with Crippen LogP contribution in [0.2, 0.25) is 0 Å². The smallest absolute Gasteiger partial charge is 0.317 e. The predicted molar refractivity (Wildman–Crippen MR) is 122 cm³/mol. The van der Waals surface area contributed by atoms with Gasteiger partial charge in [-0.25, -0.2) is 14.2 Å². The minimum absolute atomic E-state index is 0.257. The lowest BCUT2D eigenvalue weighted by Gasteiger charge is -2.22. The molecule has 0 aliphatic carbocycles. The van der Waals surface area contributed by atoms with Gasteiger partial charge < -0.3 is 15.5 Å². The number of para-hydroxylation sites is 1. The Morgan fingerprint density at radius 3 is 2.31 bits per heavy atom. The van der Waals surface area contributed by atoms with Gasteiger partial charge in [-0.2, -0.15) is 0 Å². The number of likely N-dealkylation sites (N-methyl/N-ethyl adjacent to an activating group) is 1. The number of nitrogens with zero attached hydrogens (tertiary/aromatic N) is 2. The van der Waals surface area contributed by atoms with Crippen LogP contribution < -0.4 is 15.5 Å². The lowest BCUT2D eigenvalue weighted by molar-refractivity contribution is -0.119. The second kappa shape index (κ2) is 9.01. The number of carbonyl (C=O) groups excluding carboxylic acids is 2. The minimum Gasteiger partial charge on any atom is -0.332 e. The number of urea groups is 1. The molecular weight excluding hydrogens is 407 g/mol. The molecule has 2 atom stereocenters. The van der Waals surface area contributed by atoms with Crippen molar-refractivity contribution in [2.45, 2.75) is 19.1 Å². The molecule has 6 nitrogen and oxygen atoms in total. The van der Waals surface area contributed by atoms with Gasteiger partial charge in [0.1, 0.15) is 5.82 Å². The van der Waals surface area contributed by atoms with Gasteiger partial charge in [0.25, 0.3) is 5.91 Å². The van der Waals surface area contributed by atoms with Crippen molar-refractivity contribution >= 4 is 23.3 Å². The van der Waals surface area contributed by atoms with Gasteiger partial charge >= 0.3 is 6.03 Å². The van der Waals surface area contributed by atoms with E-state index in [1.807, 2.05) is 37.3 Å². The van der Waals surface area contributed by atoms with Crippen LogP contribution in [-0.2, 0) is 4.79 Å². The molecule has 0 fully saturated rings. The standard InChI is InChI=1S/C25H23FN4O2/c1-16(17-10-4-3-5-11-17)27-25(32)29-23-24(31)30(2)21-15-9-7-13-19(21)22(28-23)18-12-6-8-14-20(18)26/h3-16,23H,1-2H3,(H2,27,29,32)/t16-,23?/m0/s1. The van der Waals surface area contributed by atoms with Crippen molar-refractivity contribution in [1.82, 2.24) is 10.6 Å². The number of carbonyl (C=O) groups is 2. The maximum atomic E-state index is 14.7. The molecule has 0 aromatic heterocycles. The first-order valence-electron chi connectivity index (χ1n) is 10.3. The summed E-state index contributed by atoms with van der Waals surface area (Å²) in [5.41, 5.74) is 2.68. The Morgan fingerprint density at radius 2 is 1.59 bits per heavy atom. The molecule has 162 valence electrons. The van der Waals surface area contributed by atoms with Crippen molar-refractivity contribution in [2.24, 2.45) is 4.99 Å². The van der Waals surface area contributed by atoms with Crippen LogP contribution >= 0.6 is 0 Å². The zero-order valence-corrected chi connectivity index (χ0v) is 17.7. The molecule has 1 aliphatic heterocycles. The van der Waals surface area contributed by atoms with Gasteiger partial charge in [-0.05, 0) is 30.7 Å². The number of halogens is 1. The van der Waals surface area contributed by atoms with Gasteiger partial charge in [-0.1, -0.05) is 60.7 Å². The average Bonchev–Trinajstić information content (AvgIpc) is 2.91. The van der Waals surface area contributed by atoms with Gasteiger partial charge in [-0.15, -0.1) is 0 Å². The highest BCUT2D eigenvalue weighted by molar-refractivity contribution is 6.20. The van der Waals surface area contributed by atoms with Crippen LogP contribution in [0.25, 0.3) is 0 Å². The van der Waals surface area contributed by atoms with E-state index in [1.54, 1.807) is 49.5 Å². The summed E-state index contributed by atoms with van der Waals surface area (Å²) in [7, 11) is 1.61. The van der Waals surface area contributed by atoms with Crippen molar-refractivity contribution in [3.63, 3.8) is 0 Å². The molecule has 1 aliphatic rings. The molecule has 0 saturated heterocycles. The van der Waals surface area contributed by atoms with Crippen LogP contribution in [0.5, 0.6) is 0 Å². The Morgan fingerprint density at radius 1 is 0.969 bits per heavy atom. The van der Waals surface area contributed by atoms with Crippen LogP contribution in [0.4, 0.5) is 14.9 Å². The quantitative estimate of drug-likeness (QED) is 0.656. The predicted octanol–water partition coefficient (Wildman–Crippen LogP) is 4.03. The number of benzodiazepines with no additional fused rings is 1. The number of hydrogen-bond acceptors (Lipinski definition) is 3. The van der Waals surface area contributed by atoms with E-state index in [0.717, 1.165) is 5.56 Å². The molecule has 4 rings (SSSR count). The first-order chi connectivity index (χ1) is 15.5.